The van der Waals surface area contributed by atoms with Gasteiger partial charge in [0.2, 0.25) is 0 Å². The van der Waals surface area contributed by atoms with Crippen LogP contribution in [0.15, 0.2) is 18.2 Å². The summed E-state index contributed by atoms with van der Waals surface area (Å²) in [7, 11) is 0. The largest absolute Gasteiger partial charge is 0.481 e. The van der Waals surface area contributed by atoms with Crippen molar-refractivity contribution < 1.29 is 19.8 Å². The second-order valence-corrected chi connectivity index (χ2v) is 4.86. The number of nitrogens with one attached hydrogen (secondary N) is 1. The van der Waals surface area contributed by atoms with Gasteiger partial charge in [0.15, 0.2) is 5.78 Å². The summed E-state index contributed by atoms with van der Waals surface area (Å²) in [5.74, 6) is -1.24. The summed E-state index contributed by atoms with van der Waals surface area (Å²) in [5, 5.41) is 20.6. The van der Waals surface area contributed by atoms with E-state index in [-0.39, 0.29) is 18.8 Å². The summed E-state index contributed by atoms with van der Waals surface area (Å²) >= 11 is 0. The average molecular weight is 279 g/mol. The number of aliphatic hydroxyl groups excluding tert-OH is 1. The summed E-state index contributed by atoms with van der Waals surface area (Å²) in [5.41, 5.74) is 2.34. The van der Waals surface area contributed by atoms with Crippen molar-refractivity contribution >= 4 is 11.8 Å². The fourth-order valence-corrected chi connectivity index (χ4v) is 1.98. The second kappa shape index (κ2) is 7.77. The van der Waals surface area contributed by atoms with E-state index in [1.807, 2.05) is 26.0 Å². The predicted molar refractivity (Wildman–Crippen MR) is 76.0 cm³/mol. The zero-order chi connectivity index (χ0) is 15.1. The molecule has 1 aromatic carbocycles. The molecule has 5 nitrogen and oxygen atoms in total. The van der Waals surface area contributed by atoms with Crippen LogP contribution in [0.25, 0.3) is 0 Å². The molecule has 3 N–H and O–H groups in total. The molecule has 0 aromatic heterocycles. The highest BCUT2D eigenvalue weighted by atomic mass is 16.4. The Morgan fingerprint density at radius 2 is 2.00 bits per heavy atom. The molecule has 0 amide bonds. The SMILES string of the molecule is Cc1ccc(C)c(C(=O)C(CC(=O)O)NCCCO)c1. The highest BCUT2D eigenvalue weighted by Crippen LogP contribution is 2.14. The van der Waals surface area contributed by atoms with Crippen molar-refractivity contribution in [3.05, 3.63) is 34.9 Å². The third-order valence-corrected chi connectivity index (χ3v) is 3.08. The molecule has 0 aliphatic carbocycles. The van der Waals surface area contributed by atoms with E-state index in [0.29, 0.717) is 18.5 Å². The number of carbonyl (C=O) groups is 2. The number of carbonyl (C=O) groups excluding carboxylic acids is 1. The van der Waals surface area contributed by atoms with Crippen LogP contribution in [-0.4, -0.2) is 41.2 Å². The quantitative estimate of drug-likeness (QED) is 0.493. The number of aliphatic carboxylic acids is 1. The van der Waals surface area contributed by atoms with Gasteiger partial charge in [0.1, 0.15) is 0 Å². The van der Waals surface area contributed by atoms with E-state index < -0.39 is 12.0 Å². The van der Waals surface area contributed by atoms with Crippen molar-refractivity contribution in [1.82, 2.24) is 5.32 Å². The maximum absolute atomic E-state index is 12.5. The third-order valence-electron chi connectivity index (χ3n) is 3.08. The number of Topliss-reactive ketones (excluding diaryl/α,β-unsaturated/α-hetero) is 1. The zero-order valence-electron chi connectivity index (χ0n) is 11.8. The molecule has 0 heterocycles. The zero-order valence-corrected chi connectivity index (χ0v) is 11.8. The van der Waals surface area contributed by atoms with Crippen LogP contribution in [0.5, 0.6) is 0 Å². The number of rotatable bonds is 8. The standard InChI is InChI=1S/C15H21NO4/c1-10-4-5-11(2)12(8-10)15(20)13(9-14(18)19)16-6-3-7-17/h4-5,8,13,16-17H,3,6-7,9H2,1-2H3,(H,18,19). The Bertz CT molecular complexity index is 485. The van der Waals surface area contributed by atoms with Crippen LogP contribution >= 0.6 is 0 Å². The molecule has 110 valence electrons. The highest BCUT2D eigenvalue weighted by molar-refractivity contribution is 6.02. The molecule has 1 rings (SSSR count). The normalized spacial score (nSPS) is 12.2. The van der Waals surface area contributed by atoms with Crippen molar-refractivity contribution in [2.75, 3.05) is 13.2 Å². The summed E-state index contributed by atoms with van der Waals surface area (Å²) in [6, 6.07) is 4.78. The Morgan fingerprint density at radius 1 is 1.30 bits per heavy atom. The molecule has 0 aliphatic rings. The van der Waals surface area contributed by atoms with Gasteiger partial charge in [-0.15, -0.1) is 0 Å². The third kappa shape index (κ3) is 4.75. The van der Waals surface area contributed by atoms with E-state index in [1.165, 1.54) is 0 Å². The molecule has 1 aromatic rings. The number of hydrogen-bond donors (Lipinski definition) is 3. The molecule has 0 aliphatic heterocycles. The molecule has 0 saturated heterocycles. The number of hydrogen-bond acceptors (Lipinski definition) is 4. The van der Waals surface area contributed by atoms with Crippen molar-refractivity contribution in [3.63, 3.8) is 0 Å². The minimum atomic E-state index is -1.02. The van der Waals surface area contributed by atoms with E-state index in [0.717, 1.165) is 11.1 Å². The molecule has 0 spiro atoms. The van der Waals surface area contributed by atoms with Gasteiger partial charge in [-0.1, -0.05) is 17.7 Å². The molecule has 0 radical (unpaired) electrons. The lowest BCUT2D eigenvalue weighted by Crippen LogP contribution is -2.39. The monoisotopic (exact) mass is 279 g/mol. The first-order valence-electron chi connectivity index (χ1n) is 6.63. The van der Waals surface area contributed by atoms with E-state index in [2.05, 4.69) is 5.32 Å². The first-order valence-corrected chi connectivity index (χ1v) is 6.63. The van der Waals surface area contributed by atoms with Gasteiger partial charge in [-0.05, 0) is 38.4 Å². The van der Waals surface area contributed by atoms with Crippen LogP contribution in [0, 0.1) is 13.8 Å². The van der Waals surface area contributed by atoms with Gasteiger partial charge in [0, 0.05) is 12.2 Å². The average Bonchev–Trinajstić information content (AvgIpc) is 2.39. The molecule has 1 atom stereocenters. The Kier molecular flexibility index (Phi) is 6.35. The van der Waals surface area contributed by atoms with Gasteiger partial charge in [-0.25, -0.2) is 0 Å². The first kappa shape index (κ1) is 16.3. The Morgan fingerprint density at radius 3 is 2.60 bits per heavy atom. The lowest BCUT2D eigenvalue weighted by Gasteiger charge is -2.17. The van der Waals surface area contributed by atoms with Crippen LogP contribution in [0.3, 0.4) is 0 Å². The van der Waals surface area contributed by atoms with Gasteiger partial charge in [-0.2, -0.15) is 0 Å². The molecule has 0 saturated carbocycles. The van der Waals surface area contributed by atoms with Gasteiger partial charge in [0.25, 0.3) is 0 Å². The number of benzene rings is 1. The second-order valence-electron chi connectivity index (χ2n) is 4.86. The van der Waals surface area contributed by atoms with Crippen molar-refractivity contribution in [1.29, 1.82) is 0 Å². The number of aryl methyl sites for hydroxylation is 2. The van der Waals surface area contributed by atoms with Gasteiger partial charge in [0.05, 0.1) is 12.5 Å². The summed E-state index contributed by atoms with van der Waals surface area (Å²) in [6.07, 6.45) is 0.216. The predicted octanol–water partition coefficient (Wildman–Crippen LogP) is 1.30. The topological polar surface area (TPSA) is 86.6 Å². The van der Waals surface area contributed by atoms with Crippen molar-refractivity contribution in [2.24, 2.45) is 0 Å². The van der Waals surface area contributed by atoms with Crippen LogP contribution in [0.1, 0.15) is 34.3 Å². The Balaban J connectivity index is 2.90. The van der Waals surface area contributed by atoms with Gasteiger partial charge < -0.3 is 15.5 Å². The molecule has 20 heavy (non-hydrogen) atoms. The number of ketones is 1. The molecular weight excluding hydrogens is 258 g/mol. The maximum atomic E-state index is 12.5. The van der Waals surface area contributed by atoms with Crippen LogP contribution in [-0.2, 0) is 4.79 Å². The molecule has 1 unspecified atom stereocenters. The molecule has 0 fully saturated rings. The van der Waals surface area contributed by atoms with E-state index >= 15 is 0 Å². The lowest BCUT2D eigenvalue weighted by molar-refractivity contribution is -0.137. The van der Waals surface area contributed by atoms with Crippen LogP contribution in [0.4, 0.5) is 0 Å². The summed E-state index contributed by atoms with van der Waals surface area (Å²) in [6.45, 7) is 4.13. The van der Waals surface area contributed by atoms with E-state index in [1.54, 1.807) is 6.07 Å². The highest BCUT2D eigenvalue weighted by Gasteiger charge is 2.23. The van der Waals surface area contributed by atoms with Crippen molar-refractivity contribution in [2.45, 2.75) is 32.7 Å². The summed E-state index contributed by atoms with van der Waals surface area (Å²) < 4.78 is 0. The van der Waals surface area contributed by atoms with E-state index in [4.69, 9.17) is 10.2 Å². The van der Waals surface area contributed by atoms with Crippen molar-refractivity contribution in [3.8, 4) is 0 Å². The molecule has 0 bridgehead atoms. The van der Waals surface area contributed by atoms with Gasteiger partial charge >= 0.3 is 5.97 Å². The lowest BCUT2D eigenvalue weighted by atomic mass is 9.96. The van der Waals surface area contributed by atoms with E-state index in [9.17, 15) is 9.59 Å². The molecular formula is C15H21NO4. The van der Waals surface area contributed by atoms with Crippen LogP contribution < -0.4 is 5.32 Å². The Labute approximate surface area is 118 Å². The Hall–Kier alpha value is -1.72. The summed E-state index contributed by atoms with van der Waals surface area (Å²) in [4.78, 5) is 23.3. The minimum Gasteiger partial charge on any atom is -0.481 e. The fourth-order valence-electron chi connectivity index (χ4n) is 1.98. The fraction of sp³-hybridized carbons (Fsp3) is 0.467. The molecule has 5 heteroatoms. The first-order chi connectivity index (χ1) is 9.45. The smallest absolute Gasteiger partial charge is 0.305 e. The van der Waals surface area contributed by atoms with Gasteiger partial charge in [-0.3, -0.25) is 9.59 Å². The maximum Gasteiger partial charge on any atom is 0.305 e. The van der Waals surface area contributed by atoms with Crippen LogP contribution in [0.2, 0.25) is 0 Å². The number of aliphatic hydroxyl groups is 1. The number of carboxylic acids is 1. The number of carboxylic acid groups (broad SMARTS) is 1. The minimum absolute atomic E-state index is 0.00442.